The SMILES string of the molecule is CCCCCCCCNC(=O)N1CCC(Oc2ccc(CCNCC(O)COc3ccc(O)cc3)cc2)CC1. The minimum atomic E-state index is -0.618. The number of hydrogen-bond acceptors (Lipinski definition) is 6. The lowest BCUT2D eigenvalue weighted by Crippen LogP contribution is -2.46. The molecule has 1 heterocycles. The number of aliphatic hydroxyl groups is 1. The van der Waals surface area contributed by atoms with E-state index >= 15 is 0 Å². The molecular weight excluding hydrogens is 494 g/mol. The highest BCUT2D eigenvalue weighted by Crippen LogP contribution is 2.20. The number of likely N-dealkylation sites (tertiary alicyclic amines) is 1. The van der Waals surface area contributed by atoms with Crippen LogP contribution >= 0.6 is 0 Å². The van der Waals surface area contributed by atoms with Crippen LogP contribution in [0.2, 0.25) is 0 Å². The summed E-state index contributed by atoms with van der Waals surface area (Å²) in [5, 5.41) is 25.7. The molecule has 0 saturated carbocycles. The minimum Gasteiger partial charge on any atom is -0.508 e. The Morgan fingerprint density at radius 3 is 2.33 bits per heavy atom. The van der Waals surface area contributed by atoms with Crippen LogP contribution in [0.1, 0.15) is 63.9 Å². The molecule has 8 heteroatoms. The summed E-state index contributed by atoms with van der Waals surface area (Å²) in [7, 11) is 0. The van der Waals surface area contributed by atoms with E-state index in [2.05, 4.69) is 29.7 Å². The summed E-state index contributed by atoms with van der Waals surface area (Å²) in [5.74, 6) is 1.66. The van der Waals surface area contributed by atoms with Crippen LogP contribution in [-0.4, -0.2) is 72.7 Å². The van der Waals surface area contributed by atoms with E-state index in [1.165, 1.54) is 37.7 Å². The highest BCUT2D eigenvalue weighted by Gasteiger charge is 2.23. The average Bonchev–Trinajstić information content (AvgIpc) is 2.95. The number of amides is 2. The number of aliphatic hydroxyl groups excluding tert-OH is 1. The van der Waals surface area contributed by atoms with Gasteiger partial charge < -0.3 is 35.2 Å². The zero-order valence-corrected chi connectivity index (χ0v) is 23.4. The summed E-state index contributed by atoms with van der Waals surface area (Å²) in [6.45, 7) is 5.81. The van der Waals surface area contributed by atoms with Gasteiger partial charge in [-0.2, -0.15) is 0 Å². The number of ether oxygens (including phenoxy) is 2. The number of phenolic OH excluding ortho intramolecular Hbond substituents is 1. The van der Waals surface area contributed by atoms with Crippen molar-refractivity contribution in [3.8, 4) is 17.2 Å². The van der Waals surface area contributed by atoms with Crippen LogP contribution in [0.15, 0.2) is 48.5 Å². The van der Waals surface area contributed by atoms with Crippen LogP contribution in [0.5, 0.6) is 17.2 Å². The zero-order chi connectivity index (χ0) is 27.7. The molecular formula is C31H47N3O5. The monoisotopic (exact) mass is 541 g/mol. The van der Waals surface area contributed by atoms with Crippen molar-refractivity contribution in [2.24, 2.45) is 0 Å². The molecule has 0 aliphatic carbocycles. The molecule has 216 valence electrons. The first-order valence-corrected chi connectivity index (χ1v) is 14.6. The molecule has 0 radical (unpaired) electrons. The van der Waals surface area contributed by atoms with Crippen LogP contribution in [0, 0.1) is 0 Å². The predicted molar refractivity (Wildman–Crippen MR) is 155 cm³/mol. The number of rotatable bonds is 17. The average molecular weight is 542 g/mol. The smallest absolute Gasteiger partial charge is 0.317 e. The normalized spacial score (nSPS) is 14.7. The van der Waals surface area contributed by atoms with Crippen LogP contribution in [-0.2, 0) is 6.42 Å². The molecule has 3 rings (SSSR count). The number of aromatic hydroxyl groups is 1. The van der Waals surface area contributed by atoms with Crippen molar-refractivity contribution in [2.45, 2.75) is 76.9 Å². The highest BCUT2D eigenvalue weighted by molar-refractivity contribution is 5.74. The van der Waals surface area contributed by atoms with Gasteiger partial charge in [0.2, 0.25) is 0 Å². The number of carbonyl (C=O) groups excluding carboxylic acids is 1. The van der Waals surface area contributed by atoms with Crippen molar-refractivity contribution in [3.63, 3.8) is 0 Å². The topological polar surface area (TPSA) is 103 Å². The lowest BCUT2D eigenvalue weighted by Gasteiger charge is -2.32. The maximum absolute atomic E-state index is 12.4. The van der Waals surface area contributed by atoms with Gasteiger partial charge in [-0.1, -0.05) is 51.2 Å². The Balaban J connectivity index is 1.23. The van der Waals surface area contributed by atoms with E-state index in [0.29, 0.717) is 12.3 Å². The molecule has 0 spiro atoms. The number of hydrogen-bond donors (Lipinski definition) is 4. The first kappa shape index (κ1) is 30.6. The van der Waals surface area contributed by atoms with Crippen LogP contribution in [0.25, 0.3) is 0 Å². The van der Waals surface area contributed by atoms with Gasteiger partial charge in [-0.25, -0.2) is 4.79 Å². The molecule has 8 nitrogen and oxygen atoms in total. The third-order valence-corrected chi connectivity index (χ3v) is 7.01. The maximum Gasteiger partial charge on any atom is 0.317 e. The molecule has 1 unspecified atom stereocenters. The van der Waals surface area contributed by atoms with E-state index < -0.39 is 6.10 Å². The largest absolute Gasteiger partial charge is 0.508 e. The Morgan fingerprint density at radius 1 is 0.949 bits per heavy atom. The summed E-state index contributed by atoms with van der Waals surface area (Å²) < 4.78 is 11.7. The molecule has 1 fully saturated rings. The van der Waals surface area contributed by atoms with Gasteiger partial charge in [-0.15, -0.1) is 0 Å². The van der Waals surface area contributed by atoms with Gasteiger partial charge in [0.15, 0.2) is 0 Å². The fourth-order valence-corrected chi connectivity index (χ4v) is 4.61. The number of benzene rings is 2. The number of carbonyl (C=O) groups is 1. The Kier molecular flexibility index (Phi) is 13.8. The first-order chi connectivity index (χ1) is 19.0. The molecule has 39 heavy (non-hydrogen) atoms. The van der Waals surface area contributed by atoms with Gasteiger partial charge in [0.1, 0.15) is 36.1 Å². The summed E-state index contributed by atoms with van der Waals surface area (Å²) in [6, 6.07) is 14.7. The molecule has 1 saturated heterocycles. The second kappa shape index (κ2) is 17.6. The van der Waals surface area contributed by atoms with E-state index in [4.69, 9.17) is 9.47 Å². The molecule has 0 bridgehead atoms. The van der Waals surface area contributed by atoms with Gasteiger partial charge in [-0.05, 0) is 61.3 Å². The Bertz CT molecular complexity index is 930. The van der Waals surface area contributed by atoms with Crippen LogP contribution < -0.4 is 20.1 Å². The van der Waals surface area contributed by atoms with Gasteiger partial charge in [0.25, 0.3) is 0 Å². The molecule has 4 N–H and O–H groups in total. The lowest BCUT2D eigenvalue weighted by atomic mass is 10.1. The zero-order valence-electron chi connectivity index (χ0n) is 23.4. The number of piperidine rings is 1. The summed E-state index contributed by atoms with van der Waals surface area (Å²) in [4.78, 5) is 14.3. The molecule has 2 aromatic carbocycles. The van der Waals surface area contributed by atoms with Crippen molar-refractivity contribution < 1.29 is 24.5 Å². The van der Waals surface area contributed by atoms with Crippen molar-refractivity contribution in [1.29, 1.82) is 0 Å². The minimum absolute atomic E-state index is 0.0531. The maximum atomic E-state index is 12.4. The first-order valence-electron chi connectivity index (χ1n) is 14.6. The third-order valence-electron chi connectivity index (χ3n) is 7.01. The fourth-order valence-electron chi connectivity index (χ4n) is 4.61. The van der Waals surface area contributed by atoms with E-state index in [0.717, 1.165) is 57.6 Å². The Morgan fingerprint density at radius 2 is 1.62 bits per heavy atom. The molecule has 0 aromatic heterocycles. The van der Waals surface area contributed by atoms with Crippen molar-refractivity contribution in [1.82, 2.24) is 15.5 Å². The van der Waals surface area contributed by atoms with Gasteiger partial charge in [0.05, 0.1) is 0 Å². The van der Waals surface area contributed by atoms with Crippen molar-refractivity contribution in [2.75, 3.05) is 39.3 Å². The molecule has 2 amide bonds. The lowest BCUT2D eigenvalue weighted by molar-refractivity contribution is 0.106. The standard InChI is InChI=1S/C31H47N3O5/c1-2-3-4-5-6-7-19-33-31(37)34-21-17-30(18-22-34)39-29-12-8-25(9-13-29)16-20-32-23-27(36)24-38-28-14-10-26(35)11-15-28/h8-15,27,30,32,35-36H,2-7,16-24H2,1H3,(H,33,37). The number of urea groups is 1. The quantitative estimate of drug-likeness (QED) is 0.213. The van der Waals surface area contributed by atoms with Crippen molar-refractivity contribution >= 4 is 6.03 Å². The number of nitrogens with zero attached hydrogens (tertiary/aromatic N) is 1. The number of unbranched alkanes of at least 4 members (excludes halogenated alkanes) is 5. The highest BCUT2D eigenvalue weighted by atomic mass is 16.5. The molecule has 2 aromatic rings. The fraction of sp³-hybridized carbons (Fsp3) is 0.581. The number of phenols is 1. The second-order valence-corrected chi connectivity index (χ2v) is 10.4. The second-order valence-electron chi connectivity index (χ2n) is 10.4. The van der Waals surface area contributed by atoms with Crippen LogP contribution in [0.4, 0.5) is 4.79 Å². The number of nitrogens with one attached hydrogen (secondary N) is 2. The summed E-state index contributed by atoms with van der Waals surface area (Å²) in [5.41, 5.74) is 1.20. The van der Waals surface area contributed by atoms with Gasteiger partial charge >= 0.3 is 6.03 Å². The Labute approximate surface area is 233 Å². The summed E-state index contributed by atoms with van der Waals surface area (Å²) >= 11 is 0. The van der Waals surface area contributed by atoms with E-state index in [-0.39, 0.29) is 24.5 Å². The van der Waals surface area contributed by atoms with Crippen LogP contribution in [0.3, 0.4) is 0 Å². The predicted octanol–water partition coefficient (Wildman–Crippen LogP) is 4.88. The molecule has 1 aliphatic heterocycles. The van der Waals surface area contributed by atoms with Gasteiger partial charge in [0, 0.05) is 39.0 Å². The third kappa shape index (κ3) is 12.2. The van der Waals surface area contributed by atoms with E-state index in [1.807, 2.05) is 17.0 Å². The van der Waals surface area contributed by atoms with Crippen molar-refractivity contribution in [3.05, 3.63) is 54.1 Å². The van der Waals surface area contributed by atoms with E-state index in [9.17, 15) is 15.0 Å². The van der Waals surface area contributed by atoms with Gasteiger partial charge in [-0.3, -0.25) is 0 Å². The Hall–Kier alpha value is -2.97. The van der Waals surface area contributed by atoms with E-state index in [1.54, 1.807) is 24.3 Å². The molecule has 1 atom stereocenters. The molecule has 1 aliphatic rings. The summed E-state index contributed by atoms with van der Waals surface area (Å²) in [6.07, 6.45) is 9.40.